The first-order valence-corrected chi connectivity index (χ1v) is 6.11. The summed E-state index contributed by atoms with van der Waals surface area (Å²) in [5, 5.41) is 10.4. The first-order chi connectivity index (χ1) is 7.20. The van der Waals surface area contributed by atoms with Gasteiger partial charge in [0, 0.05) is 7.11 Å². The Hall–Kier alpha value is -0.120. The maximum absolute atomic E-state index is 10.4. The first kappa shape index (κ1) is 12.9. The van der Waals surface area contributed by atoms with Crippen molar-refractivity contribution in [2.45, 2.75) is 50.5 Å². The molecule has 3 nitrogen and oxygen atoms in total. The molecule has 0 aliphatic heterocycles. The van der Waals surface area contributed by atoms with Gasteiger partial charge in [0.1, 0.15) is 0 Å². The summed E-state index contributed by atoms with van der Waals surface area (Å²) in [4.78, 5) is 0. The second-order valence-corrected chi connectivity index (χ2v) is 4.90. The highest BCUT2D eigenvalue weighted by Crippen LogP contribution is 2.33. The molecular formula is C12H25NO2. The van der Waals surface area contributed by atoms with Crippen LogP contribution in [-0.2, 0) is 4.74 Å². The Bertz CT molecular complexity index is 169. The van der Waals surface area contributed by atoms with Gasteiger partial charge in [0.05, 0.1) is 12.2 Å². The molecule has 0 bridgehead atoms. The van der Waals surface area contributed by atoms with Crippen molar-refractivity contribution < 1.29 is 9.84 Å². The van der Waals surface area contributed by atoms with E-state index in [9.17, 15) is 5.11 Å². The highest BCUT2D eigenvalue weighted by Gasteiger charge is 2.31. The van der Waals surface area contributed by atoms with Crippen molar-refractivity contribution in [1.82, 2.24) is 0 Å². The molecule has 90 valence electrons. The average molecular weight is 215 g/mol. The van der Waals surface area contributed by atoms with Crippen LogP contribution < -0.4 is 5.73 Å². The van der Waals surface area contributed by atoms with Crippen LogP contribution in [0.15, 0.2) is 0 Å². The predicted octanol–water partition coefficient (Wildman–Crippen LogP) is 1.68. The number of hydrogen-bond acceptors (Lipinski definition) is 3. The molecule has 1 rings (SSSR count). The van der Waals surface area contributed by atoms with Gasteiger partial charge in [-0.25, -0.2) is 0 Å². The minimum atomic E-state index is -0.636. The second-order valence-electron chi connectivity index (χ2n) is 4.90. The Morgan fingerprint density at radius 2 is 2.07 bits per heavy atom. The zero-order valence-electron chi connectivity index (χ0n) is 9.87. The van der Waals surface area contributed by atoms with E-state index in [4.69, 9.17) is 10.5 Å². The van der Waals surface area contributed by atoms with E-state index in [1.165, 1.54) is 25.7 Å². The van der Waals surface area contributed by atoms with Gasteiger partial charge in [-0.15, -0.1) is 0 Å². The van der Waals surface area contributed by atoms with E-state index in [2.05, 4.69) is 0 Å². The van der Waals surface area contributed by atoms with Crippen LogP contribution in [0.25, 0.3) is 0 Å². The summed E-state index contributed by atoms with van der Waals surface area (Å²) < 4.78 is 5.12. The third kappa shape index (κ3) is 4.49. The Morgan fingerprint density at radius 1 is 1.40 bits per heavy atom. The summed E-state index contributed by atoms with van der Waals surface area (Å²) in [6.07, 6.45) is 7.74. The average Bonchev–Trinajstić information content (AvgIpc) is 2.68. The largest absolute Gasteiger partial charge is 0.387 e. The fourth-order valence-corrected chi connectivity index (χ4v) is 2.68. The van der Waals surface area contributed by atoms with Gasteiger partial charge in [0.15, 0.2) is 0 Å². The van der Waals surface area contributed by atoms with Crippen molar-refractivity contribution in [2.24, 2.45) is 11.7 Å². The van der Waals surface area contributed by atoms with E-state index in [1.54, 1.807) is 7.11 Å². The molecule has 1 aliphatic carbocycles. The smallest absolute Gasteiger partial charge is 0.0883 e. The molecule has 0 aromatic carbocycles. The summed E-state index contributed by atoms with van der Waals surface area (Å²) >= 11 is 0. The maximum Gasteiger partial charge on any atom is 0.0883 e. The van der Waals surface area contributed by atoms with E-state index in [0.717, 1.165) is 19.3 Å². The van der Waals surface area contributed by atoms with Gasteiger partial charge in [-0.2, -0.15) is 0 Å². The number of aliphatic hydroxyl groups is 1. The number of ether oxygens (including phenoxy) is 1. The summed E-state index contributed by atoms with van der Waals surface area (Å²) in [7, 11) is 1.65. The number of hydrogen-bond donors (Lipinski definition) is 2. The molecule has 0 aromatic rings. The molecule has 0 aromatic heterocycles. The third-order valence-corrected chi connectivity index (χ3v) is 3.40. The summed E-state index contributed by atoms with van der Waals surface area (Å²) in [5.41, 5.74) is 4.85. The quantitative estimate of drug-likeness (QED) is 0.679. The van der Waals surface area contributed by atoms with Crippen LogP contribution in [0.3, 0.4) is 0 Å². The van der Waals surface area contributed by atoms with E-state index < -0.39 is 5.60 Å². The van der Waals surface area contributed by atoms with Gasteiger partial charge in [0.2, 0.25) is 0 Å². The molecule has 1 saturated carbocycles. The summed E-state index contributed by atoms with van der Waals surface area (Å²) in [6.45, 7) is 1.10. The van der Waals surface area contributed by atoms with Gasteiger partial charge >= 0.3 is 0 Å². The lowest BCUT2D eigenvalue weighted by molar-refractivity contribution is -0.0537. The Morgan fingerprint density at radius 3 is 2.60 bits per heavy atom. The minimum absolute atomic E-state index is 0.448. The highest BCUT2D eigenvalue weighted by molar-refractivity contribution is 4.83. The van der Waals surface area contributed by atoms with Crippen molar-refractivity contribution >= 4 is 0 Å². The maximum atomic E-state index is 10.4. The zero-order chi connectivity index (χ0) is 11.1. The fourth-order valence-electron chi connectivity index (χ4n) is 2.68. The topological polar surface area (TPSA) is 55.5 Å². The molecule has 1 aliphatic rings. The van der Waals surface area contributed by atoms with Crippen molar-refractivity contribution in [3.8, 4) is 0 Å². The Labute approximate surface area is 93.0 Å². The van der Waals surface area contributed by atoms with E-state index in [0.29, 0.717) is 19.1 Å². The van der Waals surface area contributed by atoms with Gasteiger partial charge < -0.3 is 15.6 Å². The van der Waals surface area contributed by atoms with Crippen molar-refractivity contribution in [3.05, 3.63) is 0 Å². The third-order valence-electron chi connectivity index (χ3n) is 3.40. The van der Waals surface area contributed by atoms with Gasteiger partial charge in [-0.1, -0.05) is 25.7 Å². The van der Waals surface area contributed by atoms with Crippen LogP contribution >= 0.6 is 0 Å². The van der Waals surface area contributed by atoms with Crippen LogP contribution in [0.2, 0.25) is 0 Å². The second kappa shape index (κ2) is 6.46. The van der Waals surface area contributed by atoms with Crippen LogP contribution in [0.1, 0.15) is 44.9 Å². The molecule has 3 heteroatoms. The molecule has 0 saturated heterocycles. The molecule has 1 fully saturated rings. The predicted molar refractivity (Wildman–Crippen MR) is 61.7 cm³/mol. The molecule has 3 N–H and O–H groups in total. The highest BCUT2D eigenvalue weighted by atomic mass is 16.5. The van der Waals surface area contributed by atoms with Crippen molar-refractivity contribution in [2.75, 3.05) is 20.3 Å². The SMILES string of the molecule is COCC(O)(CCCN)CC1CCCC1. The summed E-state index contributed by atoms with van der Waals surface area (Å²) in [6, 6.07) is 0. The van der Waals surface area contributed by atoms with Gasteiger partial charge in [-0.3, -0.25) is 0 Å². The van der Waals surface area contributed by atoms with E-state index >= 15 is 0 Å². The number of rotatable bonds is 7. The van der Waals surface area contributed by atoms with E-state index in [-0.39, 0.29) is 0 Å². The molecule has 0 spiro atoms. The molecule has 15 heavy (non-hydrogen) atoms. The molecule has 1 unspecified atom stereocenters. The first-order valence-electron chi connectivity index (χ1n) is 6.11. The van der Waals surface area contributed by atoms with Crippen LogP contribution in [0, 0.1) is 5.92 Å². The van der Waals surface area contributed by atoms with Crippen LogP contribution in [0.5, 0.6) is 0 Å². The Kier molecular flexibility index (Phi) is 5.58. The van der Waals surface area contributed by atoms with Crippen LogP contribution in [-0.4, -0.2) is 31.0 Å². The molecule has 0 radical (unpaired) electrons. The molecule has 1 atom stereocenters. The summed E-state index contributed by atoms with van der Waals surface area (Å²) in [5.74, 6) is 0.697. The number of nitrogens with two attached hydrogens (primary N) is 1. The van der Waals surface area contributed by atoms with Crippen molar-refractivity contribution in [1.29, 1.82) is 0 Å². The van der Waals surface area contributed by atoms with Gasteiger partial charge in [-0.05, 0) is 31.7 Å². The van der Waals surface area contributed by atoms with Crippen LogP contribution in [0.4, 0.5) is 0 Å². The lowest BCUT2D eigenvalue weighted by Gasteiger charge is -2.30. The zero-order valence-corrected chi connectivity index (χ0v) is 9.87. The lowest BCUT2D eigenvalue weighted by Crippen LogP contribution is -2.36. The lowest BCUT2D eigenvalue weighted by atomic mass is 9.86. The Balaban J connectivity index is 2.39. The van der Waals surface area contributed by atoms with E-state index in [1.807, 2.05) is 0 Å². The van der Waals surface area contributed by atoms with Crippen molar-refractivity contribution in [3.63, 3.8) is 0 Å². The molecule has 0 heterocycles. The molecular weight excluding hydrogens is 190 g/mol. The normalized spacial score (nSPS) is 21.8. The molecule has 0 amide bonds. The number of methoxy groups -OCH3 is 1. The van der Waals surface area contributed by atoms with Gasteiger partial charge in [0.25, 0.3) is 0 Å². The fraction of sp³-hybridized carbons (Fsp3) is 1.00. The standard InChI is InChI=1S/C12H25NO2/c1-15-10-12(14,7-4-8-13)9-11-5-2-3-6-11/h11,14H,2-10,13H2,1H3. The minimum Gasteiger partial charge on any atom is -0.387 e. The monoisotopic (exact) mass is 215 g/mol.